The van der Waals surface area contributed by atoms with Gasteiger partial charge in [-0.05, 0) is 32.0 Å². The maximum atomic E-state index is 5.56. The monoisotopic (exact) mass is 222 g/mol. The Morgan fingerprint density at radius 2 is 2.00 bits per heavy atom. The van der Waals surface area contributed by atoms with Gasteiger partial charge in [-0.3, -0.25) is 0 Å². The molecule has 0 bridgehead atoms. The first-order chi connectivity index (χ1) is 7.77. The van der Waals surface area contributed by atoms with Gasteiger partial charge in [0, 0.05) is 25.9 Å². The lowest BCUT2D eigenvalue weighted by Crippen LogP contribution is -2.33. The fraction of sp³-hybridized carbons (Fsp3) is 0.538. The Bertz CT molecular complexity index is 277. The van der Waals surface area contributed by atoms with E-state index in [4.69, 9.17) is 10.5 Å². The van der Waals surface area contributed by atoms with E-state index in [9.17, 15) is 0 Å². The van der Waals surface area contributed by atoms with Gasteiger partial charge < -0.3 is 15.4 Å². The van der Waals surface area contributed by atoms with E-state index in [1.165, 1.54) is 5.69 Å². The summed E-state index contributed by atoms with van der Waals surface area (Å²) in [6, 6.07) is 10.4. The highest BCUT2D eigenvalue weighted by Crippen LogP contribution is 2.14. The lowest BCUT2D eigenvalue weighted by molar-refractivity contribution is 0.123. The van der Waals surface area contributed by atoms with Gasteiger partial charge in [0.15, 0.2) is 0 Å². The quantitative estimate of drug-likeness (QED) is 0.765. The summed E-state index contributed by atoms with van der Waals surface area (Å²) < 4.78 is 5.31. The number of anilines is 1. The molecule has 0 spiro atoms. The van der Waals surface area contributed by atoms with Gasteiger partial charge in [-0.1, -0.05) is 18.2 Å². The molecule has 1 aromatic carbocycles. The number of hydrogen-bond acceptors (Lipinski definition) is 3. The van der Waals surface area contributed by atoms with Crippen molar-refractivity contribution in [3.63, 3.8) is 0 Å². The van der Waals surface area contributed by atoms with Crippen LogP contribution in [0.3, 0.4) is 0 Å². The summed E-state index contributed by atoms with van der Waals surface area (Å²) in [5.74, 6) is 0. The van der Waals surface area contributed by atoms with Crippen molar-refractivity contribution in [2.45, 2.75) is 19.4 Å². The van der Waals surface area contributed by atoms with Crippen LogP contribution in [0.2, 0.25) is 0 Å². The van der Waals surface area contributed by atoms with E-state index in [1.807, 2.05) is 6.07 Å². The van der Waals surface area contributed by atoms with Crippen LogP contribution in [0.4, 0.5) is 5.69 Å². The highest BCUT2D eigenvalue weighted by molar-refractivity contribution is 5.45. The van der Waals surface area contributed by atoms with Crippen molar-refractivity contribution in [1.29, 1.82) is 0 Å². The van der Waals surface area contributed by atoms with E-state index in [-0.39, 0.29) is 6.10 Å². The van der Waals surface area contributed by atoms with Crippen LogP contribution in [0, 0.1) is 0 Å². The van der Waals surface area contributed by atoms with E-state index >= 15 is 0 Å². The average Bonchev–Trinajstić information content (AvgIpc) is 2.35. The Morgan fingerprint density at radius 1 is 1.31 bits per heavy atom. The van der Waals surface area contributed by atoms with Gasteiger partial charge in [-0.2, -0.15) is 0 Å². The van der Waals surface area contributed by atoms with Crippen LogP contribution < -0.4 is 10.6 Å². The van der Waals surface area contributed by atoms with Gasteiger partial charge in [-0.15, -0.1) is 0 Å². The Labute approximate surface area is 98.2 Å². The molecule has 1 unspecified atom stereocenters. The molecule has 2 N–H and O–H groups in total. The first-order valence-corrected chi connectivity index (χ1v) is 5.80. The first-order valence-electron chi connectivity index (χ1n) is 5.80. The van der Waals surface area contributed by atoms with Gasteiger partial charge in [0.05, 0.1) is 6.10 Å². The zero-order chi connectivity index (χ0) is 11.8. The number of nitrogens with two attached hydrogens (primary N) is 1. The third-order valence-electron chi connectivity index (χ3n) is 2.63. The fourth-order valence-corrected chi connectivity index (χ4v) is 1.63. The van der Waals surface area contributed by atoms with E-state index < -0.39 is 0 Å². The van der Waals surface area contributed by atoms with Gasteiger partial charge in [0.2, 0.25) is 0 Å². The predicted octanol–water partition coefficient (Wildman–Crippen LogP) is 1.88. The zero-order valence-electron chi connectivity index (χ0n) is 10.2. The molecule has 1 aromatic rings. The molecule has 90 valence electrons. The summed E-state index contributed by atoms with van der Waals surface area (Å²) >= 11 is 0. The van der Waals surface area contributed by atoms with Crippen LogP contribution in [0.15, 0.2) is 30.3 Å². The summed E-state index contributed by atoms with van der Waals surface area (Å²) in [4.78, 5) is 2.32. The second-order valence-corrected chi connectivity index (χ2v) is 3.97. The van der Waals surface area contributed by atoms with E-state index in [2.05, 4.69) is 36.1 Å². The van der Waals surface area contributed by atoms with Crippen molar-refractivity contribution < 1.29 is 4.74 Å². The van der Waals surface area contributed by atoms with Crippen molar-refractivity contribution in [2.24, 2.45) is 5.73 Å². The van der Waals surface area contributed by atoms with Crippen LogP contribution in [-0.2, 0) is 4.74 Å². The molecule has 0 fully saturated rings. The standard InChI is InChI=1S/C13H22N2O/c1-12(16-2)11-15(10-6-9-14)13-7-4-3-5-8-13/h3-5,7-8,12H,6,9-11,14H2,1-2H3. The molecule has 0 aromatic heterocycles. The molecule has 0 saturated carbocycles. The van der Waals surface area contributed by atoms with Crippen molar-refractivity contribution in [3.8, 4) is 0 Å². The number of methoxy groups -OCH3 is 1. The molecular weight excluding hydrogens is 200 g/mol. The maximum Gasteiger partial charge on any atom is 0.0718 e. The lowest BCUT2D eigenvalue weighted by atomic mass is 10.2. The molecule has 0 heterocycles. The van der Waals surface area contributed by atoms with Crippen molar-refractivity contribution in [2.75, 3.05) is 31.6 Å². The number of para-hydroxylation sites is 1. The van der Waals surface area contributed by atoms with Crippen LogP contribution in [0.5, 0.6) is 0 Å². The highest BCUT2D eigenvalue weighted by Gasteiger charge is 2.09. The molecule has 16 heavy (non-hydrogen) atoms. The Hall–Kier alpha value is -1.06. The van der Waals surface area contributed by atoms with Crippen molar-refractivity contribution in [1.82, 2.24) is 0 Å². The van der Waals surface area contributed by atoms with Crippen LogP contribution >= 0.6 is 0 Å². The number of nitrogens with zero attached hydrogens (tertiary/aromatic N) is 1. The fourth-order valence-electron chi connectivity index (χ4n) is 1.63. The maximum absolute atomic E-state index is 5.56. The molecule has 0 aliphatic carbocycles. The first kappa shape index (κ1) is 13.0. The normalized spacial score (nSPS) is 12.4. The van der Waals surface area contributed by atoms with Gasteiger partial charge >= 0.3 is 0 Å². The number of rotatable bonds is 7. The SMILES string of the molecule is COC(C)CN(CCCN)c1ccccc1. The second kappa shape index (κ2) is 7.25. The van der Waals surface area contributed by atoms with Crippen LogP contribution in [-0.4, -0.2) is 32.8 Å². The molecule has 0 amide bonds. The lowest BCUT2D eigenvalue weighted by Gasteiger charge is -2.27. The smallest absolute Gasteiger partial charge is 0.0718 e. The molecule has 1 atom stereocenters. The van der Waals surface area contributed by atoms with Crippen LogP contribution in [0.1, 0.15) is 13.3 Å². The van der Waals surface area contributed by atoms with Crippen molar-refractivity contribution >= 4 is 5.69 Å². The molecule has 0 aliphatic rings. The third-order valence-corrected chi connectivity index (χ3v) is 2.63. The van der Waals surface area contributed by atoms with Crippen LogP contribution in [0.25, 0.3) is 0 Å². The predicted molar refractivity (Wildman–Crippen MR) is 68.8 cm³/mol. The van der Waals surface area contributed by atoms with Gasteiger partial charge in [0.25, 0.3) is 0 Å². The van der Waals surface area contributed by atoms with E-state index in [1.54, 1.807) is 7.11 Å². The molecular formula is C13H22N2O. The molecule has 3 heteroatoms. The summed E-state index contributed by atoms with van der Waals surface area (Å²) in [6.45, 7) is 4.69. The number of ether oxygens (including phenoxy) is 1. The summed E-state index contributed by atoms with van der Waals surface area (Å²) in [5, 5.41) is 0. The summed E-state index contributed by atoms with van der Waals surface area (Å²) in [7, 11) is 1.75. The minimum absolute atomic E-state index is 0.234. The zero-order valence-corrected chi connectivity index (χ0v) is 10.2. The molecule has 0 radical (unpaired) electrons. The molecule has 3 nitrogen and oxygen atoms in total. The average molecular weight is 222 g/mol. The Kier molecular flexibility index (Phi) is 5.90. The number of hydrogen-bond donors (Lipinski definition) is 1. The highest BCUT2D eigenvalue weighted by atomic mass is 16.5. The Morgan fingerprint density at radius 3 is 2.56 bits per heavy atom. The largest absolute Gasteiger partial charge is 0.380 e. The number of benzene rings is 1. The summed E-state index contributed by atoms with van der Waals surface area (Å²) in [5.41, 5.74) is 6.80. The second-order valence-electron chi connectivity index (χ2n) is 3.97. The minimum Gasteiger partial charge on any atom is -0.380 e. The third kappa shape index (κ3) is 4.21. The van der Waals surface area contributed by atoms with Crippen molar-refractivity contribution in [3.05, 3.63) is 30.3 Å². The van der Waals surface area contributed by atoms with E-state index in [0.717, 1.165) is 26.1 Å². The molecule has 0 saturated heterocycles. The Balaban J connectivity index is 2.63. The van der Waals surface area contributed by atoms with Gasteiger partial charge in [-0.25, -0.2) is 0 Å². The summed E-state index contributed by atoms with van der Waals surface area (Å²) in [6.07, 6.45) is 1.24. The topological polar surface area (TPSA) is 38.5 Å². The van der Waals surface area contributed by atoms with E-state index in [0.29, 0.717) is 0 Å². The minimum atomic E-state index is 0.234. The van der Waals surface area contributed by atoms with Gasteiger partial charge in [0.1, 0.15) is 0 Å². The molecule has 1 rings (SSSR count). The molecule has 0 aliphatic heterocycles.